The number of rotatable bonds is 7. The molecule has 1 amide bonds. The maximum absolute atomic E-state index is 12.1. The Hall–Kier alpha value is -2.34. The van der Waals surface area contributed by atoms with E-state index in [0.29, 0.717) is 5.75 Å². The Kier molecular flexibility index (Phi) is 5.38. The van der Waals surface area contributed by atoms with Crippen LogP contribution in [0.4, 0.5) is 0 Å². The molecule has 0 atom stereocenters. The van der Waals surface area contributed by atoms with Gasteiger partial charge in [-0.15, -0.1) is 0 Å². The molecule has 0 radical (unpaired) electrons. The van der Waals surface area contributed by atoms with Crippen LogP contribution in [0.1, 0.15) is 17.5 Å². The van der Waals surface area contributed by atoms with Crippen LogP contribution >= 0.6 is 0 Å². The second kappa shape index (κ2) is 7.70. The van der Waals surface area contributed by atoms with Gasteiger partial charge in [0, 0.05) is 6.54 Å². The Morgan fingerprint density at radius 1 is 1.04 bits per heavy atom. The number of aryl methyl sites for hydroxylation is 2. The summed E-state index contributed by atoms with van der Waals surface area (Å²) in [6.07, 6.45) is 3.32. The Balaban J connectivity index is 1.44. The van der Waals surface area contributed by atoms with Crippen molar-refractivity contribution in [2.75, 3.05) is 18.9 Å². The van der Waals surface area contributed by atoms with E-state index in [-0.39, 0.29) is 29.7 Å². The van der Waals surface area contributed by atoms with Crippen LogP contribution in [0.2, 0.25) is 0 Å². The van der Waals surface area contributed by atoms with Crippen molar-refractivity contribution in [1.82, 2.24) is 5.32 Å². The Morgan fingerprint density at radius 3 is 2.60 bits per heavy atom. The molecule has 3 rings (SSSR count). The number of carbonyl (C=O) groups is 1. The first kappa shape index (κ1) is 17.5. The van der Waals surface area contributed by atoms with Gasteiger partial charge in [-0.05, 0) is 54.7 Å². The van der Waals surface area contributed by atoms with Crippen LogP contribution in [-0.4, -0.2) is 33.2 Å². The average Bonchev–Trinajstić information content (AvgIpc) is 3.08. The molecule has 0 spiro atoms. The molecule has 1 aliphatic rings. The van der Waals surface area contributed by atoms with Gasteiger partial charge in [-0.2, -0.15) is 0 Å². The third-order valence-corrected chi connectivity index (χ3v) is 5.97. The minimum absolute atomic E-state index is 0.0591. The maximum atomic E-state index is 12.1. The fourth-order valence-electron chi connectivity index (χ4n) is 2.91. The first-order valence-corrected chi connectivity index (χ1v) is 9.99. The van der Waals surface area contributed by atoms with Crippen molar-refractivity contribution in [2.24, 2.45) is 0 Å². The van der Waals surface area contributed by atoms with Crippen molar-refractivity contribution in [1.29, 1.82) is 0 Å². The Bertz CT molecular complexity index is 847. The molecule has 2 aromatic carbocycles. The van der Waals surface area contributed by atoms with Crippen LogP contribution < -0.4 is 10.1 Å². The molecule has 25 heavy (non-hydrogen) atoms. The van der Waals surface area contributed by atoms with Gasteiger partial charge in [0.25, 0.3) is 5.91 Å². The summed E-state index contributed by atoms with van der Waals surface area (Å²) in [5.74, 6) is 0.207. The van der Waals surface area contributed by atoms with Crippen LogP contribution in [0.3, 0.4) is 0 Å². The lowest BCUT2D eigenvalue weighted by Gasteiger charge is -2.09. The van der Waals surface area contributed by atoms with Crippen molar-refractivity contribution >= 4 is 15.7 Å². The monoisotopic (exact) mass is 359 g/mol. The fourth-order valence-corrected chi connectivity index (χ4v) is 4.09. The molecule has 2 aromatic rings. The third-order valence-electron chi connectivity index (χ3n) is 4.24. The van der Waals surface area contributed by atoms with E-state index in [9.17, 15) is 13.2 Å². The molecule has 1 aliphatic carbocycles. The standard InChI is InChI=1S/C19H21NO4S/c21-19(14-24-17-10-9-15-5-4-6-16(15)13-17)20-11-12-25(22,23)18-7-2-1-3-8-18/h1-3,7-10,13H,4-6,11-12,14H2,(H,20,21). The highest BCUT2D eigenvalue weighted by atomic mass is 32.2. The van der Waals surface area contributed by atoms with Crippen molar-refractivity contribution in [3.05, 3.63) is 59.7 Å². The zero-order valence-corrected chi connectivity index (χ0v) is 14.7. The number of fused-ring (bicyclic) bond motifs is 1. The number of hydrogen-bond donors (Lipinski definition) is 1. The lowest BCUT2D eigenvalue weighted by atomic mass is 10.1. The molecule has 0 saturated carbocycles. The van der Waals surface area contributed by atoms with E-state index in [2.05, 4.69) is 5.32 Å². The van der Waals surface area contributed by atoms with Gasteiger partial charge >= 0.3 is 0 Å². The molecule has 6 heteroatoms. The number of carbonyl (C=O) groups excluding carboxylic acids is 1. The normalized spacial score (nSPS) is 13.3. The van der Waals surface area contributed by atoms with Crippen molar-refractivity contribution < 1.29 is 17.9 Å². The minimum Gasteiger partial charge on any atom is -0.484 e. The third kappa shape index (κ3) is 4.60. The van der Waals surface area contributed by atoms with Crippen LogP contribution in [-0.2, 0) is 27.5 Å². The molecule has 0 saturated heterocycles. The number of hydrogen-bond acceptors (Lipinski definition) is 4. The number of benzene rings is 2. The second-order valence-electron chi connectivity index (χ2n) is 6.05. The van der Waals surface area contributed by atoms with Crippen molar-refractivity contribution in [3.8, 4) is 5.75 Å². The lowest BCUT2D eigenvalue weighted by molar-refractivity contribution is -0.122. The lowest BCUT2D eigenvalue weighted by Crippen LogP contribution is -2.32. The van der Waals surface area contributed by atoms with Gasteiger partial charge in [0.05, 0.1) is 10.6 Å². The summed E-state index contributed by atoms with van der Waals surface area (Å²) in [6.45, 7) is -0.0617. The SMILES string of the molecule is O=C(COc1ccc2c(c1)CCC2)NCCS(=O)(=O)c1ccccc1. The predicted octanol–water partition coefficient (Wildman–Crippen LogP) is 2.14. The van der Waals surface area contributed by atoms with Gasteiger partial charge < -0.3 is 10.1 Å². The van der Waals surface area contributed by atoms with E-state index in [0.717, 1.165) is 19.3 Å². The molecule has 0 aliphatic heterocycles. The van der Waals surface area contributed by atoms with Gasteiger partial charge in [0.1, 0.15) is 5.75 Å². The summed E-state index contributed by atoms with van der Waals surface area (Å²) in [6, 6.07) is 14.1. The number of amides is 1. The second-order valence-corrected chi connectivity index (χ2v) is 8.16. The van der Waals surface area contributed by atoms with Crippen LogP contribution in [0.5, 0.6) is 5.75 Å². The first-order chi connectivity index (χ1) is 12.0. The molecular weight excluding hydrogens is 338 g/mol. The highest BCUT2D eigenvalue weighted by Gasteiger charge is 2.15. The summed E-state index contributed by atoms with van der Waals surface area (Å²) in [5.41, 5.74) is 2.63. The number of nitrogens with one attached hydrogen (secondary N) is 1. The van der Waals surface area contributed by atoms with Gasteiger partial charge in [0.2, 0.25) is 0 Å². The van der Waals surface area contributed by atoms with E-state index in [1.807, 2.05) is 18.2 Å². The molecule has 1 N–H and O–H groups in total. The molecular formula is C19H21NO4S. The van der Waals surface area contributed by atoms with E-state index in [1.165, 1.54) is 11.1 Å². The van der Waals surface area contributed by atoms with Crippen molar-refractivity contribution in [2.45, 2.75) is 24.2 Å². The summed E-state index contributed by atoms with van der Waals surface area (Å²) in [5, 5.41) is 2.59. The molecule has 0 heterocycles. The van der Waals surface area contributed by atoms with E-state index in [4.69, 9.17) is 4.74 Å². The summed E-state index contributed by atoms with van der Waals surface area (Å²) >= 11 is 0. The van der Waals surface area contributed by atoms with Gasteiger partial charge in [0.15, 0.2) is 16.4 Å². The van der Waals surface area contributed by atoms with Crippen LogP contribution in [0, 0.1) is 0 Å². The maximum Gasteiger partial charge on any atom is 0.257 e. The van der Waals surface area contributed by atoms with Gasteiger partial charge in [-0.1, -0.05) is 24.3 Å². The summed E-state index contributed by atoms with van der Waals surface area (Å²) in [7, 11) is -3.39. The first-order valence-electron chi connectivity index (χ1n) is 8.34. The molecule has 0 unspecified atom stereocenters. The van der Waals surface area contributed by atoms with Crippen LogP contribution in [0.15, 0.2) is 53.4 Å². The van der Waals surface area contributed by atoms with E-state index in [1.54, 1.807) is 30.3 Å². The minimum atomic E-state index is -3.39. The smallest absolute Gasteiger partial charge is 0.257 e. The topological polar surface area (TPSA) is 72.5 Å². The number of ether oxygens (including phenoxy) is 1. The molecule has 0 aromatic heterocycles. The molecule has 0 fully saturated rings. The zero-order valence-electron chi connectivity index (χ0n) is 13.9. The summed E-state index contributed by atoms with van der Waals surface area (Å²) < 4.78 is 29.7. The quantitative estimate of drug-likeness (QED) is 0.822. The zero-order chi connectivity index (χ0) is 17.7. The fraction of sp³-hybridized carbons (Fsp3) is 0.316. The van der Waals surface area contributed by atoms with Gasteiger partial charge in [-0.3, -0.25) is 4.79 Å². The van der Waals surface area contributed by atoms with Crippen LogP contribution in [0.25, 0.3) is 0 Å². The predicted molar refractivity (Wildman–Crippen MR) is 95.5 cm³/mol. The number of sulfone groups is 1. The average molecular weight is 359 g/mol. The van der Waals surface area contributed by atoms with E-state index >= 15 is 0 Å². The Labute approximate surface area is 147 Å². The molecule has 132 valence electrons. The van der Waals surface area contributed by atoms with Crippen molar-refractivity contribution in [3.63, 3.8) is 0 Å². The highest BCUT2D eigenvalue weighted by molar-refractivity contribution is 7.91. The highest BCUT2D eigenvalue weighted by Crippen LogP contribution is 2.25. The summed E-state index contributed by atoms with van der Waals surface area (Å²) in [4.78, 5) is 12.1. The molecule has 0 bridgehead atoms. The van der Waals surface area contributed by atoms with Gasteiger partial charge in [-0.25, -0.2) is 8.42 Å². The largest absolute Gasteiger partial charge is 0.484 e. The molecule has 5 nitrogen and oxygen atoms in total. The Morgan fingerprint density at radius 2 is 1.80 bits per heavy atom. The van der Waals surface area contributed by atoms with E-state index < -0.39 is 9.84 Å².